The Morgan fingerprint density at radius 1 is 1.38 bits per heavy atom. The van der Waals surface area contributed by atoms with Crippen LogP contribution in [0.5, 0.6) is 0 Å². The Balaban J connectivity index is 2.04. The molecular weight excluding hydrogens is 366 g/mol. The van der Waals surface area contributed by atoms with Crippen molar-refractivity contribution in [2.24, 2.45) is 0 Å². The van der Waals surface area contributed by atoms with Gasteiger partial charge in [0, 0.05) is 33.2 Å². The first-order chi connectivity index (χ1) is 10.1. The molecule has 116 valence electrons. The van der Waals surface area contributed by atoms with Crippen molar-refractivity contribution in [1.29, 1.82) is 0 Å². The molecule has 0 aromatic carbocycles. The smallest absolute Gasteiger partial charge is 0.185 e. The van der Waals surface area contributed by atoms with E-state index in [1.807, 2.05) is 11.3 Å². The molecule has 0 spiro atoms. The van der Waals surface area contributed by atoms with Gasteiger partial charge in [0.1, 0.15) is 0 Å². The predicted molar refractivity (Wildman–Crippen MR) is 97.6 cm³/mol. The van der Waals surface area contributed by atoms with Crippen LogP contribution in [0, 0.1) is 0 Å². The Labute approximate surface area is 143 Å². The average molecular weight is 388 g/mol. The van der Waals surface area contributed by atoms with Gasteiger partial charge < -0.3 is 10.2 Å². The maximum Gasteiger partial charge on any atom is 0.185 e. The molecular formula is C15H22BrN3S2. The monoisotopic (exact) mass is 387 g/mol. The number of halogens is 1. The number of hydrogen-bond acceptors (Lipinski definition) is 5. The van der Waals surface area contributed by atoms with Crippen molar-refractivity contribution in [3.63, 3.8) is 0 Å². The fourth-order valence-electron chi connectivity index (χ4n) is 2.06. The maximum atomic E-state index is 4.81. The van der Waals surface area contributed by atoms with Gasteiger partial charge in [-0.25, -0.2) is 4.98 Å². The van der Waals surface area contributed by atoms with Crippen LogP contribution in [0.3, 0.4) is 0 Å². The summed E-state index contributed by atoms with van der Waals surface area (Å²) in [5.74, 6) is 0. The van der Waals surface area contributed by atoms with E-state index in [1.54, 1.807) is 11.3 Å². The third-order valence-corrected chi connectivity index (χ3v) is 6.05. The molecule has 0 aliphatic heterocycles. The lowest BCUT2D eigenvalue weighted by atomic mass is 10.3. The lowest BCUT2D eigenvalue weighted by Gasteiger charge is -2.14. The second kappa shape index (κ2) is 8.27. The minimum Gasteiger partial charge on any atom is -0.346 e. The molecule has 0 radical (unpaired) electrons. The summed E-state index contributed by atoms with van der Waals surface area (Å²) in [6.07, 6.45) is 2.16. The Bertz CT molecular complexity index is 565. The second-order valence-electron chi connectivity index (χ2n) is 4.98. The van der Waals surface area contributed by atoms with Crippen molar-refractivity contribution >= 4 is 43.7 Å². The topological polar surface area (TPSA) is 28.2 Å². The Morgan fingerprint density at radius 3 is 2.81 bits per heavy atom. The van der Waals surface area contributed by atoms with Crippen LogP contribution < -0.4 is 10.2 Å². The molecule has 21 heavy (non-hydrogen) atoms. The molecule has 2 heterocycles. The SMILES string of the molecule is CCCNCc1sc(N(C)Cc2cc(Br)cs2)nc1CC. The Hall–Kier alpha value is -0.430. The van der Waals surface area contributed by atoms with Crippen LogP contribution in [0.15, 0.2) is 15.9 Å². The summed E-state index contributed by atoms with van der Waals surface area (Å²) in [7, 11) is 2.12. The van der Waals surface area contributed by atoms with Gasteiger partial charge in [-0.15, -0.1) is 22.7 Å². The lowest BCUT2D eigenvalue weighted by Crippen LogP contribution is -2.15. The molecule has 0 saturated carbocycles. The summed E-state index contributed by atoms with van der Waals surface area (Å²) in [5, 5.41) is 6.72. The minimum atomic E-state index is 0.911. The molecule has 0 aliphatic carbocycles. The number of aryl methyl sites for hydroxylation is 1. The quantitative estimate of drug-likeness (QED) is 0.667. The van der Waals surface area contributed by atoms with E-state index in [9.17, 15) is 0 Å². The van der Waals surface area contributed by atoms with Crippen LogP contribution in [-0.4, -0.2) is 18.6 Å². The molecule has 2 rings (SSSR count). The summed E-state index contributed by atoms with van der Waals surface area (Å²) < 4.78 is 1.16. The second-order valence-corrected chi connectivity index (χ2v) is 7.96. The molecule has 2 aromatic heterocycles. The zero-order valence-corrected chi connectivity index (χ0v) is 16.0. The third-order valence-electron chi connectivity index (χ3n) is 3.16. The third kappa shape index (κ3) is 4.77. The van der Waals surface area contributed by atoms with Gasteiger partial charge in [-0.1, -0.05) is 13.8 Å². The maximum absolute atomic E-state index is 4.81. The average Bonchev–Trinajstić information content (AvgIpc) is 3.05. The lowest BCUT2D eigenvalue weighted by molar-refractivity contribution is 0.676. The molecule has 6 heteroatoms. The highest BCUT2D eigenvalue weighted by atomic mass is 79.9. The molecule has 2 aromatic rings. The van der Waals surface area contributed by atoms with Gasteiger partial charge in [-0.3, -0.25) is 0 Å². The number of nitrogens with zero attached hydrogens (tertiary/aromatic N) is 2. The number of anilines is 1. The van der Waals surface area contributed by atoms with Crippen LogP contribution in [0.2, 0.25) is 0 Å². The number of thiophene rings is 1. The van der Waals surface area contributed by atoms with Gasteiger partial charge in [0.25, 0.3) is 0 Å². The van der Waals surface area contributed by atoms with E-state index < -0.39 is 0 Å². The summed E-state index contributed by atoms with van der Waals surface area (Å²) in [6.45, 7) is 7.29. The van der Waals surface area contributed by atoms with E-state index in [1.165, 1.54) is 21.9 Å². The van der Waals surface area contributed by atoms with Crippen LogP contribution in [0.4, 0.5) is 5.13 Å². The first-order valence-electron chi connectivity index (χ1n) is 7.27. The molecule has 0 saturated heterocycles. The molecule has 0 unspecified atom stereocenters. The molecule has 0 amide bonds. The molecule has 0 aliphatic rings. The van der Waals surface area contributed by atoms with Crippen LogP contribution in [0.1, 0.15) is 35.7 Å². The highest BCUT2D eigenvalue weighted by Gasteiger charge is 2.13. The van der Waals surface area contributed by atoms with Gasteiger partial charge in [0.05, 0.1) is 12.2 Å². The fraction of sp³-hybridized carbons (Fsp3) is 0.533. The van der Waals surface area contributed by atoms with Crippen molar-refractivity contribution in [1.82, 2.24) is 10.3 Å². The Kier molecular flexibility index (Phi) is 6.67. The molecule has 3 nitrogen and oxygen atoms in total. The van der Waals surface area contributed by atoms with Gasteiger partial charge in [0.15, 0.2) is 5.13 Å². The van der Waals surface area contributed by atoms with Crippen molar-refractivity contribution in [3.8, 4) is 0 Å². The van der Waals surface area contributed by atoms with Gasteiger partial charge in [-0.2, -0.15) is 0 Å². The number of rotatable bonds is 8. The normalized spacial score (nSPS) is 11.0. The van der Waals surface area contributed by atoms with E-state index in [-0.39, 0.29) is 0 Å². The molecule has 0 atom stereocenters. The van der Waals surface area contributed by atoms with Crippen LogP contribution in [0.25, 0.3) is 0 Å². The van der Waals surface area contributed by atoms with E-state index in [0.29, 0.717) is 0 Å². The summed E-state index contributed by atoms with van der Waals surface area (Å²) in [4.78, 5) is 9.77. The van der Waals surface area contributed by atoms with Gasteiger partial charge >= 0.3 is 0 Å². The van der Waals surface area contributed by atoms with Crippen LogP contribution in [-0.2, 0) is 19.5 Å². The number of hydrogen-bond donors (Lipinski definition) is 1. The van der Waals surface area contributed by atoms with Gasteiger partial charge in [-0.05, 0) is 41.4 Å². The summed E-state index contributed by atoms with van der Waals surface area (Å²) in [6, 6.07) is 2.18. The molecule has 1 N–H and O–H groups in total. The highest BCUT2D eigenvalue weighted by molar-refractivity contribution is 9.10. The minimum absolute atomic E-state index is 0.911. The summed E-state index contributed by atoms with van der Waals surface area (Å²) in [5.41, 5.74) is 1.23. The van der Waals surface area contributed by atoms with E-state index in [0.717, 1.165) is 35.7 Å². The van der Waals surface area contributed by atoms with Crippen molar-refractivity contribution in [2.75, 3.05) is 18.5 Å². The molecule has 0 bridgehead atoms. The van der Waals surface area contributed by atoms with Crippen molar-refractivity contribution in [2.45, 2.75) is 39.8 Å². The van der Waals surface area contributed by atoms with E-state index >= 15 is 0 Å². The highest BCUT2D eigenvalue weighted by Crippen LogP contribution is 2.28. The zero-order chi connectivity index (χ0) is 15.2. The standard InChI is InChI=1S/C15H22BrN3S2/c1-4-6-17-8-14-13(5-2)18-15(21-14)19(3)9-12-7-11(16)10-20-12/h7,10,17H,4-6,8-9H2,1-3H3. The first-order valence-corrected chi connectivity index (χ1v) is 9.76. The predicted octanol–water partition coefficient (Wildman–Crippen LogP) is 4.67. The number of aromatic nitrogens is 1. The van der Waals surface area contributed by atoms with Gasteiger partial charge in [0.2, 0.25) is 0 Å². The van der Waals surface area contributed by atoms with Crippen molar-refractivity contribution in [3.05, 3.63) is 31.4 Å². The largest absolute Gasteiger partial charge is 0.346 e. The fourth-order valence-corrected chi connectivity index (χ4v) is 4.65. The van der Waals surface area contributed by atoms with Crippen molar-refractivity contribution < 1.29 is 0 Å². The Morgan fingerprint density at radius 2 is 2.19 bits per heavy atom. The first kappa shape index (κ1) is 16.9. The number of thiazole rings is 1. The number of nitrogens with one attached hydrogen (secondary N) is 1. The molecule has 0 fully saturated rings. The van der Waals surface area contributed by atoms with E-state index in [2.05, 4.69) is 58.5 Å². The zero-order valence-electron chi connectivity index (χ0n) is 12.8. The van der Waals surface area contributed by atoms with E-state index in [4.69, 9.17) is 4.98 Å². The van der Waals surface area contributed by atoms with Crippen LogP contribution >= 0.6 is 38.6 Å². The summed E-state index contributed by atoms with van der Waals surface area (Å²) >= 11 is 7.11.